The molecule has 3 N–H and O–H groups in total. The normalized spacial score (nSPS) is 19.2. The van der Waals surface area contributed by atoms with Crippen LogP contribution in [0.2, 0.25) is 0 Å². The lowest BCUT2D eigenvalue weighted by Gasteiger charge is -2.33. The molecule has 0 unspecified atom stereocenters. The van der Waals surface area contributed by atoms with Gasteiger partial charge in [-0.15, -0.1) is 0 Å². The zero-order valence-corrected chi connectivity index (χ0v) is 48.5. The molecule has 2 saturated heterocycles. The Morgan fingerprint density at radius 3 is 1.37 bits per heavy atom. The molecular weight excluding hydrogens is 1090 g/mol. The van der Waals surface area contributed by atoms with E-state index in [9.17, 15) is 40.0 Å². The van der Waals surface area contributed by atoms with Crippen molar-refractivity contribution in [2.75, 3.05) is 111 Å². The average Bonchev–Trinajstić information content (AvgIpc) is 4.42. The van der Waals surface area contributed by atoms with E-state index in [-0.39, 0.29) is 40.0 Å². The molecule has 442 valence electrons. The highest BCUT2D eigenvalue weighted by molar-refractivity contribution is 7.89. The van der Waals surface area contributed by atoms with E-state index >= 15 is 0 Å². The van der Waals surface area contributed by atoms with Gasteiger partial charge < -0.3 is 35.4 Å². The molecule has 2 aromatic heterocycles. The Labute approximate surface area is 481 Å². The molecular formula is C59H78F2N12O7S2. The lowest BCUT2D eigenvalue weighted by atomic mass is 10.1. The largest absolute Gasteiger partial charge is 0.349 e. The number of piperazine rings is 2. The van der Waals surface area contributed by atoms with Crippen LogP contribution in [0.15, 0.2) is 129 Å². The lowest BCUT2D eigenvalue weighted by Crippen LogP contribution is -2.47. The molecule has 4 fully saturated rings. The number of halogens is 2. The molecule has 4 aromatic carbocycles. The standard InChI is InChI=1S/C29H37FN6O3S.C20H27N5O4S.C9H10FN.CH4/c1-33(2)40(38,39)25-12-10-24(11-13-25)36-20-23(32-28(29(36)37)35-17-15-34(3)16-18-35)5-4-14-31-27-19-26(27)21-6-8-22(30)9-7-21;1-22(2)30(28,29)18-8-6-17(7-9-18)25-15-16(5-4-14-26)21-19(20(25)27)24-12-10-23(3)11-13-24;10-7-3-1-6(2-4-7)8-5-9(8)11;/h6-13,20,26-27,31H,4-5,14-19H2,1-3H3;6-9,14-15H,4-5,10-13H2,1-3H3;1-4,8-9H,5,11H2;1H4/t26-,27+;;8-,9+;/m0.0./s1. The first-order valence-corrected chi connectivity index (χ1v) is 30.1. The molecule has 2 aliphatic heterocycles. The molecule has 0 amide bonds. The fraction of sp³-hybridized carbons (Fsp3) is 0.441. The molecule has 0 spiro atoms. The first-order chi connectivity index (χ1) is 38.6. The quantitative estimate of drug-likeness (QED) is 0.0848. The number of anilines is 2. The van der Waals surface area contributed by atoms with Crippen LogP contribution >= 0.6 is 0 Å². The molecule has 2 aliphatic carbocycles. The third kappa shape index (κ3) is 15.7. The molecule has 4 atom stereocenters. The molecule has 82 heavy (non-hydrogen) atoms. The minimum absolute atomic E-state index is 0. The minimum Gasteiger partial charge on any atom is -0.349 e. The Morgan fingerprint density at radius 2 is 0.988 bits per heavy atom. The summed E-state index contributed by atoms with van der Waals surface area (Å²) in [4.78, 5) is 55.7. The number of nitrogens with one attached hydrogen (secondary N) is 1. The predicted octanol–water partition coefficient (Wildman–Crippen LogP) is 5.09. The fourth-order valence-corrected chi connectivity index (χ4v) is 11.5. The van der Waals surface area contributed by atoms with Crippen LogP contribution in [0, 0.1) is 11.6 Å². The van der Waals surface area contributed by atoms with Crippen LogP contribution in [0.4, 0.5) is 20.4 Å². The molecule has 10 rings (SSSR count). The Bertz CT molecular complexity index is 3440. The highest BCUT2D eigenvalue weighted by atomic mass is 32.2. The maximum Gasteiger partial charge on any atom is 0.298 e. The van der Waals surface area contributed by atoms with Crippen molar-refractivity contribution in [2.24, 2.45) is 5.73 Å². The summed E-state index contributed by atoms with van der Waals surface area (Å²) < 4.78 is 80.7. The maximum atomic E-state index is 13.6. The number of sulfonamides is 2. The van der Waals surface area contributed by atoms with Gasteiger partial charge in [0.15, 0.2) is 11.6 Å². The number of aldehydes is 1. The van der Waals surface area contributed by atoms with Crippen LogP contribution in [0.1, 0.15) is 67.5 Å². The summed E-state index contributed by atoms with van der Waals surface area (Å²) in [5.74, 6) is 1.30. The average molecular weight is 1170 g/mol. The van der Waals surface area contributed by atoms with Gasteiger partial charge in [0, 0.05) is 135 Å². The number of carbonyl (C=O) groups excluding carboxylic acids is 1. The van der Waals surface area contributed by atoms with Crippen molar-refractivity contribution in [1.82, 2.24) is 42.8 Å². The van der Waals surface area contributed by atoms with Gasteiger partial charge in [0.2, 0.25) is 20.0 Å². The first kappa shape index (κ1) is 63.0. The molecule has 6 aromatic rings. The number of nitrogens with zero attached hydrogens (tertiary/aromatic N) is 10. The van der Waals surface area contributed by atoms with Gasteiger partial charge in [-0.3, -0.25) is 18.7 Å². The number of aromatic nitrogens is 4. The van der Waals surface area contributed by atoms with E-state index in [1.165, 1.54) is 91.2 Å². The van der Waals surface area contributed by atoms with Crippen LogP contribution in [-0.4, -0.2) is 174 Å². The third-order valence-electron chi connectivity index (χ3n) is 15.0. The van der Waals surface area contributed by atoms with Gasteiger partial charge in [0.1, 0.15) is 17.9 Å². The summed E-state index contributed by atoms with van der Waals surface area (Å²) in [7, 11) is 2.90. The fourth-order valence-electron chi connectivity index (χ4n) is 9.68. The smallest absolute Gasteiger partial charge is 0.298 e. The maximum absolute atomic E-state index is 13.6. The van der Waals surface area contributed by atoms with Gasteiger partial charge in [-0.2, -0.15) is 0 Å². The van der Waals surface area contributed by atoms with E-state index in [4.69, 9.17) is 10.7 Å². The van der Waals surface area contributed by atoms with Crippen molar-refractivity contribution in [3.8, 4) is 11.4 Å². The third-order valence-corrected chi connectivity index (χ3v) is 18.7. The first-order valence-electron chi connectivity index (χ1n) is 27.3. The highest BCUT2D eigenvalue weighted by Gasteiger charge is 2.38. The monoisotopic (exact) mass is 1170 g/mol. The second-order valence-corrected chi connectivity index (χ2v) is 25.7. The number of nitrogens with two attached hydrogens (primary N) is 1. The van der Waals surface area contributed by atoms with E-state index in [0.29, 0.717) is 85.0 Å². The van der Waals surface area contributed by atoms with Gasteiger partial charge in [-0.05, 0) is 137 Å². The van der Waals surface area contributed by atoms with Crippen molar-refractivity contribution < 1.29 is 30.4 Å². The van der Waals surface area contributed by atoms with Gasteiger partial charge >= 0.3 is 0 Å². The number of likely N-dealkylation sites (N-methyl/N-ethyl adjacent to an activating group) is 2. The van der Waals surface area contributed by atoms with Crippen molar-refractivity contribution in [3.05, 3.63) is 164 Å². The summed E-state index contributed by atoms with van der Waals surface area (Å²) in [6, 6.07) is 26.6. The van der Waals surface area contributed by atoms with Crippen molar-refractivity contribution in [2.45, 2.75) is 79.7 Å². The van der Waals surface area contributed by atoms with Gasteiger partial charge in [0.25, 0.3) is 11.1 Å². The second-order valence-electron chi connectivity index (χ2n) is 21.4. The van der Waals surface area contributed by atoms with E-state index in [0.717, 1.165) is 86.9 Å². The molecule has 0 radical (unpaired) electrons. The van der Waals surface area contributed by atoms with Crippen LogP contribution < -0.4 is 32.0 Å². The molecule has 2 saturated carbocycles. The number of carbonyl (C=O) groups is 1. The van der Waals surface area contributed by atoms with E-state index < -0.39 is 20.0 Å². The summed E-state index contributed by atoms with van der Waals surface area (Å²) in [6.45, 7) is 6.99. The number of hydrogen-bond donors (Lipinski definition) is 2. The summed E-state index contributed by atoms with van der Waals surface area (Å²) in [6.07, 6.45) is 8.60. The van der Waals surface area contributed by atoms with Gasteiger partial charge in [-0.1, -0.05) is 31.7 Å². The second kappa shape index (κ2) is 27.7. The van der Waals surface area contributed by atoms with Gasteiger partial charge in [0.05, 0.1) is 21.2 Å². The van der Waals surface area contributed by atoms with Crippen molar-refractivity contribution in [3.63, 3.8) is 0 Å². The van der Waals surface area contributed by atoms with Crippen molar-refractivity contribution in [1.29, 1.82) is 0 Å². The minimum atomic E-state index is -3.57. The highest BCUT2D eigenvalue weighted by Crippen LogP contribution is 2.41. The van der Waals surface area contributed by atoms with Crippen LogP contribution in [0.3, 0.4) is 0 Å². The molecule has 4 heterocycles. The Balaban J connectivity index is 0.000000202. The summed E-state index contributed by atoms with van der Waals surface area (Å²) in [5, 5.41) is 3.59. The zero-order valence-electron chi connectivity index (χ0n) is 46.9. The zero-order chi connectivity index (χ0) is 58.2. The SMILES string of the molecule is C.CN1CCN(c2nc(CCC=O)cn(-c3ccc(S(=O)(=O)N(C)C)cc3)c2=O)CC1.CN1CCN(c2nc(CCCN[C@@H]3C[C@H]3c3ccc(F)cc3)cn(-c3ccc(S(=O)(=O)N(C)C)cc3)c2=O)CC1.N[C@@H]1C[C@H]1c1ccc(F)cc1. The van der Waals surface area contributed by atoms with E-state index in [1.54, 1.807) is 41.2 Å². The van der Waals surface area contributed by atoms with E-state index in [2.05, 4.69) is 27.1 Å². The Hall–Kier alpha value is -6.57. The Morgan fingerprint density at radius 1 is 0.598 bits per heavy atom. The number of benzene rings is 4. The summed E-state index contributed by atoms with van der Waals surface area (Å²) in [5.41, 5.74) is 10.1. The predicted molar refractivity (Wildman–Crippen MR) is 318 cm³/mol. The Kier molecular flexibility index (Phi) is 21.3. The topological polar surface area (TPSA) is 213 Å². The van der Waals surface area contributed by atoms with Crippen LogP contribution in [-0.2, 0) is 37.7 Å². The lowest BCUT2D eigenvalue weighted by molar-refractivity contribution is -0.107. The molecule has 0 bridgehead atoms. The summed E-state index contributed by atoms with van der Waals surface area (Å²) >= 11 is 0. The van der Waals surface area contributed by atoms with Crippen LogP contribution in [0.25, 0.3) is 11.4 Å². The number of aryl methyl sites for hydroxylation is 2. The van der Waals surface area contributed by atoms with Gasteiger partial charge in [-0.25, -0.2) is 44.2 Å². The number of hydrogen-bond acceptors (Lipinski definition) is 15. The molecule has 23 heteroatoms. The van der Waals surface area contributed by atoms with Crippen LogP contribution in [0.5, 0.6) is 0 Å². The molecule has 19 nitrogen and oxygen atoms in total. The number of rotatable bonds is 18. The molecule has 4 aliphatic rings. The van der Waals surface area contributed by atoms with Crippen molar-refractivity contribution >= 4 is 38.0 Å². The van der Waals surface area contributed by atoms with E-state index in [1.807, 2.05) is 41.1 Å².